The second kappa shape index (κ2) is 8.45. The molecule has 6 heteroatoms. The normalized spacial score (nSPS) is 15.0. The minimum Gasteiger partial charge on any atom is -0.342 e. The van der Waals surface area contributed by atoms with Crippen molar-refractivity contribution >= 4 is 16.9 Å². The monoisotopic (exact) mass is 373 g/mol. The topological polar surface area (TPSA) is 35.9 Å². The van der Waals surface area contributed by atoms with Crippen LogP contribution in [0.3, 0.4) is 0 Å². The van der Waals surface area contributed by atoms with Gasteiger partial charge in [-0.3, -0.25) is 9.30 Å². The molecule has 1 unspecified atom stereocenters. The zero-order chi connectivity index (χ0) is 18.5. The van der Waals surface area contributed by atoms with Crippen LogP contribution in [-0.4, -0.2) is 45.6 Å². The third-order valence-corrected chi connectivity index (χ3v) is 5.79. The smallest absolute Gasteiger partial charge is 0.209 e. The maximum Gasteiger partial charge on any atom is 0.209 e. The van der Waals surface area contributed by atoms with Crippen molar-refractivity contribution in [2.75, 3.05) is 26.2 Å². The molecule has 138 valence electrons. The SMILES string of the molecule is CCCN(CC)C1=NCCN1S(=O)c1ccc(-c2ccc(F)cc2)cc1. The second-order valence-electron chi connectivity index (χ2n) is 6.14. The van der Waals surface area contributed by atoms with Gasteiger partial charge in [0, 0.05) is 13.1 Å². The quantitative estimate of drug-likeness (QED) is 0.769. The number of hydrogen-bond donors (Lipinski definition) is 0. The Hall–Kier alpha value is -2.21. The predicted molar refractivity (Wildman–Crippen MR) is 105 cm³/mol. The summed E-state index contributed by atoms with van der Waals surface area (Å²) >= 11 is 0. The van der Waals surface area contributed by atoms with Gasteiger partial charge in [0.15, 0.2) is 11.0 Å². The predicted octanol–water partition coefficient (Wildman–Crippen LogP) is 3.92. The minimum atomic E-state index is -1.28. The van der Waals surface area contributed by atoms with Crippen LogP contribution in [0.4, 0.5) is 4.39 Å². The highest BCUT2D eigenvalue weighted by atomic mass is 32.2. The molecule has 1 aliphatic heterocycles. The molecule has 0 bridgehead atoms. The summed E-state index contributed by atoms with van der Waals surface area (Å²) in [5.41, 5.74) is 1.91. The average molecular weight is 373 g/mol. The van der Waals surface area contributed by atoms with Gasteiger partial charge in [0.1, 0.15) is 5.82 Å². The first-order chi connectivity index (χ1) is 12.6. The maximum absolute atomic E-state index is 13.1. The van der Waals surface area contributed by atoms with E-state index in [4.69, 9.17) is 0 Å². The fourth-order valence-corrected chi connectivity index (χ4v) is 4.23. The molecule has 2 aromatic rings. The molecular formula is C20H24FN3OS. The summed E-state index contributed by atoms with van der Waals surface area (Å²) in [4.78, 5) is 7.49. The highest BCUT2D eigenvalue weighted by Gasteiger charge is 2.27. The molecule has 4 nitrogen and oxygen atoms in total. The number of benzene rings is 2. The van der Waals surface area contributed by atoms with E-state index < -0.39 is 11.0 Å². The van der Waals surface area contributed by atoms with E-state index in [0.717, 1.165) is 41.5 Å². The molecule has 0 saturated heterocycles. The molecule has 0 amide bonds. The van der Waals surface area contributed by atoms with Crippen LogP contribution >= 0.6 is 0 Å². The Balaban J connectivity index is 1.77. The van der Waals surface area contributed by atoms with Crippen molar-refractivity contribution in [1.29, 1.82) is 0 Å². The molecule has 2 aromatic carbocycles. The molecule has 26 heavy (non-hydrogen) atoms. The maximum atomic E-state index is 13.1. The highest BCUT2D eigenvalue weighted by molar-refractivity contribution is 7.83. The fraction of sp³-hybridized carbons (Fsp3) is 0.350. The first-order valence-corrected chi connectivity index (χ1v) is 10.1. The lowest BCUT2D eigenvalue weighted by atomic mass is 10.1. The average Bonchev–Trinajstić information content (AvgIpc) is 3.16. The number of hydrogen-bond acceptors (Lipinski definition) is 3. The van der Waals surface area contributed by atoms with Crippen LogP contribution < -0.4 is 0 Å². The zero-order valence-corrected chi connectivity index (χ0v) is 16.0. The van der Waals surface area contributed by atoms with Gasteiger partial charge in [-0.05, 0) is 48.7 Å². The van der Waals surface area contributed by atoms with Crippen LogP contribution in [0.15, 0.2) is 58.4 Å². The Morgan fingerprint density at radius 2 is 1.69 bits per heavy atom. The van der Waals surface area contributed by atoms with Crippen LogP contribution in [-0.2, 0) is 11.0 Å². The molecule has 0 spiro atoms. The Labute approximate surface area is 156 Å². The third-order valence-electron chi connectivity index (χ3n) is 4.37. The molecule has 0 saturated carbocycles. The van der Waals surface area contributed by atoms with Gasteiger partial charge in [0.25, 0.3) is 0 Å². The van der Waals surface area contributed by atoms with E-state index >= 15 is 0 Å². The Bertz CT molecular complexity index is 790. The van der Waals surface area contributed by atoms with Gasteiger partial charge in [-0.25, -0.2) is 8.60 Å². The minimum absolute atomic E-state index is 0.250. The number of halogens is 1. The number of aliphatic imine (C=N–C) groups is 1. The lowest BCUT2D eigenvalue weighted by Crippen LogP contribution is -2.43. The van der Waals surface area contributed by atoms with Crippen molar-refractivity contribution in [3.05, 3.63) is 54.3 Å². The van der Waals surface area contributed by atoms with Crippen molar-refractivity contribution in [2.45, 2.75) is 25.2 Å². The summed E-state index contributed by atoms with van der Waals surface area (Å²) in [7, 11) is -1.28. The standard InChI is InChI=1S/C20H24FN3OS/c1-3-14-23(4-2)20-22-13-15-24(20)26(25)19-11-7-17(8-12-19)16-5-9-18(21)10-6-16/h5-12H,3-4,13-15H2,1-2H3. The van der Waals surface area contributed by atoms with E-state index in [1.54, 1.807) is 12.1 Å². The van der Waals surface area contributed by atoms with Crippen molar-refractivity contribution in [2.24, 2.45) is 4.99 Å². The van der Waals surface area contributed by atoms with Gasteiger partial charge in [-0.1, -0.05) is 31.2 Å². The van der Waals surface area contributed by atoms with E-state index in [1.807, 2.05) is 28.6 Å². The largest absolute Gasteiger partial charge is 0.342 e. The number of nitrogens with zero attached hydrogens (tertiary/aromatic N) is 3. The van der Waals surface area contributed by atoms with Crippen LogP contribution in [0.2, 0.25) is 0 Å². The Kier molecular flexibility index (Phi) is 6.04. The molecule has 1 aliphatic rings. The molecule has 0 aromatic heterocycles. The van der Waals surface area contributed by atoms with Crippen LogP contribution in [0, 0.1) is 5.82 Å². The molecule has 0 fully saturated rings. The van der Waals surface area contributed by atoms with E-state index in [0.29, 0.717) is 13.1 Å². The molecule has 0 aliphatic carbocycles. The van der Waals surface area contributed by atoms with Gasteiger partial charge in [0.05, 0.1) is 18.0 Å². The third kappa shape index (κ3) is 3.96. The summed E-state index contributed by atoms with van der Waals surface area (Å²) in [5.74, 6) is 0.579. The van der Waals surface area contributed by atoms with Gasteiger partial charge >= 0.3 is 0 Å². The zero-order valence-electron chi connectivity index (χ0n) is 15.2. The Morgan fingerprint density at radius 1 is 1.08 bits per heavy atom. The molecule has 3 rings (SSSR count). The van der Waals surface area contributed by atoms with Gasteiger partial charge in [0.2, 0.25) is 5.96 Å². The summed E-state index contributed by atoms with van der Waals surface area (Å²) in [6.45, 7) is 7.33. The van der Waals surface area contributed by atoms with Crippen LogP contribution in [0.1, 0.15) is 20.3 Å². The number of guanidine groups is 1. The van der Waals surface area contributed by atoms with E-state index in [9.17, 15) is 8.60 Å². The van der Waals surface area contributed by atoms with Gasteiger partial charge in [-0.15, -0.1) is 0 Å². The van der Waals surface area contributed by atoms with E-state index in [2.05, 4.69) is 23.7 Å². The lowest BCUT2D eigenvalue weighted by Gasteiger charge is -2.28. The molecular weight excluding hydrogens is 349 g/mol. The fourth-order valence-electron chi connectivity index (χ4n) is 3.04. The molecule has 0 radical (unpaired) electrons. The Morgan fingerprint density at radius 3 is 2.27 bits per heavy atom. The van der Waals surface area contributed by atoms with Crippen molar-refractivity contribution in [1.82, 2.24) is 9.21 Å². The van der Waals surface area contributed by atoms with E-state index in [1.165, 1.54) is 12.1 Å². The van der Waals surface area contributed by atoms with Crippen molar-refractivity contribution in [3.8, 4) is 11.1 Å². The lowest BCUT2D eigenvalue weighted by molar-refractivity contribution is 0.406. The van der Waals surface area contributed by atoms with Crippen molar-refractivity contribution in [3.63, 3.8) is 0 Å². The van der Waals surface area contributed by atoms with Crippen molar-refractivity contribution < 1.29 is 8.60 Å². The highest BCUT2D eigenvalue weighted by Crippen LogP contribution is 2.23. The summed E-state index contributed by atoms with van der Waals surface area (Å²) < 4.78 is 28.0. The van der Waals surface area contributed by atoms with Gasteiger partial charge < -0.3 is 4.90 Å². The summed E-state index contributed by atoms with van der Waals surface area (Å²) in [6.07, 6.45) is 1.03. The first kappa shape index (κ1) is 18.6. The van der Waals surface area contributed by atoms with E-state index in [-0.39, 0.29) is 5.82 Å². The molecule has 1 heterocycles. The van der Waals surface area contributed by atoms with Crippen LogP contribution in [0.5, 0.6) is 0 Å². The molecule has 1 atom stereocenters. The molecule has 0 N–H and O–H groups in total. The summed E-state index contributed by atoms with van der Waals surface area (Å²) in [5, 5.41) is 0. The van der Waals surface area contributed by atoms with Gasteiger partial charge in [-0.2, -0.15) is 0 Å². The van der Waals surface area contributed by atoms with Crippen LogP contribution in [0.25, 0.3) is 11.1 Å². The number of rotatable bonds is 6. The first-order valence-electron chi connectivity index (χ1n) is 8.99. The second-order valence-corrected chi connectivity index (χ2v) is 7.55. The summed E-state index contributed by atoms with van der Waals surface area (Å²) in [6, 6.07) is 14.0.